The minimum absolute atomic E-state index is 0.771. The Kier molecular flexibility index (Phi) is 2.11. The van der Waals surface area contributed by atoms with Crippen LogP contribution in [0.1, 0.15) is 0 Å². The average molecular weight is 288 g/mol. The van der Waals surface area contributed by atoms with E-state index >= 15 is 0 Å². The maximum absolute atomic E-state index is 3.90. The maximum atomic E-state index is 3.90. The fourth-order valence-electron chi connectivity index (χ4n) is 1.06. The fraction of sp³-hybridized carbons (Fsp3) is 0. The Morgan fingerprint density at radius 2 is 2.00 bits per heavy atom. The largest absolute Gasteiger partial charge is 0.157 e. The zero-order valence-electron chi connectivity index (χ0n) is 5.96. The molecule has 4 heteroatoms. The summed E-state index contributed by atoms with van der Waals surface area (Å²) in [6.45, 7) is 0. The van der Waals surface area contributed by atoms with Crippen molar-refractivity contribution in [3.05, 3.63) is 33.5 Å². The molecule has 0 atom stereocenters. The highest BCUT2D eigenvalue weighted by Gasteiger charge is 2.02. The van der Waals surface area contributed by atoms with Crippen molar-refractivity contribution in [2.75, 3.05) is 0 Å². The molecule has 0 aliphatic rings. The number of hydrogen-bond acceptors (Lipinski definition) is 2. The number of hydrogen-bond donors (Lipinski definition) is 0. The van der Waals surface area contributed by atoms with E-state index in [0.717, 1.165) is 19.8 Å². The van der Waals surface area contributed by atoms with E-state index in [0.29, 0.717) is 0 Å². The summed E-state index contributed by atoms with van der Waals surface area (Å²) >= 11 is 6.79. The van der Waals surface area contributed by atoms with Gasteiger partial charge in [-0.2, -0.15) is 5.10 Å². The lowest BCUT2D eigenvalue weighted by Gasteiger charge is -1.99. The van der Waals surface area contributed by atoms with Crippen LogP contribution in [0.2, 0.25) is 0 Å². The monoisotopic (exact) mass is 286 g/mol. The van der Waals surface area contributed by atoms with E-state index in [9.17, 15) is 0 Å². The first-order valence-corrected chi connectivity index (χ1v) is 4.93. The molecule has 60 valence electrons. The Balaban J connectivity index is 2.96. The van der Waals surface area contributed by atoms with Crippen molar-refractivity contribution in [2.45, 2.75) is 0 Å². The molecule has 2 rings (SSSR count). The Morgan fingerprint density at radius 1 is 1.17 bits per heavy atom. The van der Waals surface area contributed by atoms with E-state index in [1.54, 1.807) is 6.20 Å². The molecule has 12 heavy (non-hydrogen) atoms. The lowest BCUT2D eigenvalue weighted by molar-refractivity contribution is 1.03. The molecule has 0 saturated heterocycles. The van der Waals surface area contributed by atoms with Crippen LogP contribution in [0.25, 0.3) is 10.8 Å². The zero-order chi connectivity index (χ0) is 8.55. The fourth-order valence-corrected chi connectivity index (χ4v) is 2.43. The summed E-state index contributed by atoms with van der Waals surface area (Å²) in [6, 6.07) is 5.95. The molecule has 0 spiro atoms. The number of nitrogens with zero attached hydrogens (tertiary/aromatic N) is 2. The van der Waals surface area contributed by atoms with Crippen LogP contribution < -0.4 is 0 Å². The summed E-state index contributed by atoms with van der Waals surface area (Å²) in [5, 5.41) is 9.88. The summed E-state index contributed by atoms with van der Waals surface area (Å²) in [6.07, 6.45) is 1.74. The van der Waals surface area contributed by atoms with Crippen LogP contribution in [0.3, 0.4) is 0 Å². The molecule has 2 aromatic rings. The van der Waals surface area contributed by atoms with Crippen molar-refractivity contribution in [1.29, 1.82) is 0 Å². The highest BCUT2D eigenvalue weighted by Crippen LogP contribution is 2.27. The molecule has 0 N–H and O–H groups in total. The second-order valence-electron chi connectivity index (χ2n) is 2.34. The third-order valence-corrected chi connectivity index (χ3v) is 2.81. The molecule has 0 aliphatic carbocycles. The molecule has 0 bridgehead atoms. The van der Waals surface area contributed by atoms with Gasteiger partial charge in [-0.3, -0.25) is 0 Å². The number of benzene rings is 1. The van der Waals surface area contributed by atoms with Crippen molar-refractivity contribution in [1.82, 2.24) is 10.2 Å². The predicted octanol–water partition coefficient (Wildman–Crippen LogP) is 3.15. The molecular weight excluding hydrogens is 284 g/mol. The van der Waals surface area contributed by atoms with Crippen molar-refractivity contribution in [3.63, 3.8) is 0 Å². The highest BCUT2D eigenvalue weighted by atomic mass is 79.9. The normalized spacial score (nSPS) is 10.5. The van der Waals surface area contributed by atoms with Crippen LogP contribution in [0.4, 0.5) is 0 Å². The van der Waals surface area contributed by atoms with Crippen LogP contribution in [0, 0.1) is 0 Å². The summed E-state index contributed by atoms with van der Waals surface area (Å²) in [5.41, 5.74) is 0. The smallest absolute Gasteiger partial charge is 0.137 e. The summed E-state index contributed by atoms with van der Waals surface area (Å²) in [5.74, 6) is 0. The standard InChI is InChI=1S/C8H4Br2N2/c9-6-3-1-2-5-4-11-12-8(10)7(5)6/h1-4H. The third kappa shape index (κ3) is 1.25. The number of fused-ring (bicyclic) bond motifs is 1. The quantitative estimate of drug-likeness (QED) is 0.744. The number of halogens is 2. The van der Waals surface area contributed by atoms with Crippen molar-refractivity contribution in [2.24, 2.45) is 0 Å². The first-order valence-electron chi connectivity index (χ1n) is 3.34. The minimum Gasteiger partial charge on any atom is -0.157 e. The van der Waals surface area contributed by atoms with Crippen molar-refractivity contribution < 1.29 is 0 Å². The molecule has 0 unspecified atom stereocenters. The molecule has 0 radical (unpaired) electrons. The number of rotatable bonds is 0. The van der Waals surface area contributed by atoms with E-state index in [4.69, 9.17) is 0 Å². The molecule has 1 aromatic carbocycles. The lowest BCUT2D eigenvalue weighted by atomic mass is 10.2. The van der Waals surface area contributed by atoms with E-state index in [2.05, 4.69) is 42.1 Å². The summed E-state index contributed by atoms with van der Waals surface area (Å²) in [7, 11) is 0. The molecule has 1 heterocycles. The van der Waals surface area contributed by atoms with E-state index in [-0.39, 0.29) is 0 Å². The average Bonchev–Trinajstić information content (AvgIpc) is 2.04. The summed E-state index contributed by atoms with van der Waals surface area (Å²) in [4.78, 5) is 0. The van der Waals surface area contributed by atoms with Crippen LogP contribution in [0.15, 0.2) is 33.5 Å². The van der Waals surface area contributed by atoms with Gasteiger partial charge in [0.2, 0.25) is 0 Å². The van der Waals surface area contributed by atoms with E-state index in [1.165, 1.54) is 0 Å². The molecule has 0 aliphatic heterocycles. The maximum Gasteiger partial charge on any atom is 0.137 e. The second kappa shape index (κ2) is 3.11. The Labute approximate surface area is 86.3 Å². The van der Waals surface area contributed by atoms with Gasteiger partial charge in [0.05, 0.1) is 6.20 Å². The number of aromatic nitrogens is 2. The van der Waals surface area contributed by atoms with E-state index in [1.807, 2.05) is 18.2 Å². The van der Waals surface area contributed by atoms with Crippen molar-refractivity contribution >= 4 is 42.6 Å². The first kappa shape index (κ1) is 8.13. The zero-order valence-corrected chi connectivity index (χ0v) is 9.13. The topological polar surface area (TPSA) is 25.8 Å². The Hall–Kier alpha value is -0.480. The lowest BCUT2D eigenvalue weighted by Crippen LogP contribution is -1.84. The van der Waals surface area contributed by atoms with Gasteiger partial charge < -0.3 is 0 Å². The van der Waals surface area contributed by atoms with Gasteiger partial charge in [-0.1, -0.05) is 28.1 Å². The van der Waals surface area contributed by atoms with Crippen LogP contribution >= 0.6 is 31.9 Å². The van der Waals surface area contributed by atoms with Gasteiger partial charge >= 0.3 is 0 Å². The second-order valence-corrected chi connectivity index (χ2v) is 3.94. The molecule has 1 aromatic heterocycles. The van der Waals surface area contributed by atoms with E-state index < -0.39 is 0 Å². The first-order chi connectivity index (χ1) is 5.79. The molecule has 2 nitrogen and oxygen atoms in total. The van der Waals surface area contributed by atoms with Gasteiger partial charge in [-0.25, -0.2) is 0 Å². The van der Waals surface area contributed by atoms with Crippen molar-refractivity contribution in [3.8, 4) is 0 Å². The Bertz CT molecular complexity index is 392. The van der Waals surface area contributed by atoms with Gasteiger partial charge in [0.15, 0.2) is 0 Å². The van der Waals surface area contributed by atoms with Crippen LogP contribution in [0.5, 0.6) is 0 Å². The third-order valence-electron chi connectivity index (χ3n) is 1.59. The van der Waals surface area contributed by atoms with Crippen LogP contribution in [-0.2, 0) is 0 Å². The van der Waals surface area contributed by atoms with Crippen LogP contribution in [-0.4, -0.2) is 10.2 Å². The summed E-state index contributed by atoms with van der Waals surface area (Å²) < 4.78 is 1.80. The molecular formula is C8H4Br2N2. The van der Waals surface area contributed by atoms with Gasteiger partial charge in [0.25, 0.3) is 0 Å². The van der Waals surface area contributed by atoms with Gasteiger partial charge in [-0.15, -0.1) is 5.10 Å². The highest BCUT2D eigenvalue weighted by molar-refractivity contribution is 9.11. The Morgan fingerprint density at radius 3 is 2.75 bits per heavy atom. The SMILES string of the molecule is Brc1cccc2cnnc(Br)c12. The van der Waals surface area contributed by atoms with Gasteiger partial charge in [-0.05, 0) is 22.0 Å². The molecule has 0 saturated carbocycles. The molecule has 0 fully saturated rings. The van der Waals surface area contributed by atoms with Gasteiger partial charge in [0.1, 0.15) is 4.60 Å². The molecule has 0 amide bonds. The van der Waals surface area contributed by atoms with Gasteiger partial charge in [0, 0.05) is 15.2 Å². The predicted molar refractivity (Wildman–Crippen MR) is 54.9 cm³/mol. The minimum atomic E-state index is 0.771.